The molecule has 0 aliphatic rings. The third kappa shape index (κ3) is 339. The summed E-state index contributed by atoms with van der Waals surface area (Å²) in [5.74, 6) is 0. The Bertz CT molecular complexity index is 70.1. The van der Waals surface area contributed by atoms with Gasteiger partial charge in [0.1, 0.15) is 0 Å². The molecule has 0 rings (SSSR count). The Morgan fingerprint density at radius 1 is 0.538 bits per heavy atom. The zero-order valence-corrected chi connectivity index (χ0v) is 7.51. The van der Waals surface area contributed by atoms with E-state index in [2.05, 4.69) is 0 Å². The minimum absolute atomic E-state index is 0. The molecular formula is C4H4O8Ru. The summed E-state index contributed by atoms with van der Waals surface area (Å²) in [6.45, 7) is 2.00. The van der Waals surface area contributed by atoms with Gasteiger partial charge in [-0.15, -0.1) is 0 Å². The molecule has 0 aromatic carbocycles. The number of rotatable bonds is 0. The Kier molecular flexibility index (Phi) is 349. The Morgan fingerprint density at radius 2 is 0.538 bits per heavy atom. The molecule has 0 atom stereocenters. The van der Waals surface area contributed by atoms with Gasteiger partial charge in [-0.3, -0.25) is 0 Å². The molecule has 0 unspecified atom stereocenters. The second-order valence-corrected chi connectivity index (χ2v) is 0.365. The van der Waals surface area contributed by atoms with Crippen LogP contribution in [-0.4, -0.2) is 46.3 Å². The summed E-state index contributed by atoms with van der Waals surface area (Å²) in [5.41, 5.74) is 0. The van der Waals surface area contributed by atoms with Crippen LogP contribution < -0.4 is 0 Å². The standard InChI is InChI=1S/4CHO2.Ru/c4*2-1-3;/h4*(H,2,3);/q4*-1;+4. The monoisotopic (exact) mass is 282 g/mol. The molecule has 76 valence electrons. The van der Waals surface area contributed by atoms with E-state index in [1.165, 1.54) is 0 Å². The summed E-state index contributed by atoms with van der Waals surface area (Å²) in [4.78, 5) is 32.9. The Morgan fingerprint density at radius 3 is 0.538 bits per heavy atom. The Hall–Kier alpha value is -1.50. The summed E-state index contributed by atoms with van der Waals surface area (Å²) in [6, 6.07) is 0. The smallest absolute Gasteiger partial charge is 0.665 e. The maximum absolute atomic E-state index is 8.24. The molecule has 0 amide bonds. The average Bonchev–Trinajstić information content (AvgIpc) is 1.92. The van der Waals surface area contributed by atoms with E-state index in [9.17, 15) is 0 Å². The fourth-order valence-electron chi connectivity index (χ4n) is 0. The van der Waals surface area contributed by atoms with Gasteiger partial charge < -0.3 is 39.6 Å². The first kappa shape index (κ1) is 30.0. The third-order valence-electron chi connectivity index (χ3n) is 0. The van der Waals surface area contributed by atoms with E-state index in [0.29, 0.717) is 25.9 Å². The van der Waals surface area contributed by atoms with Gasteiger partial charge in [-0.1, -0.05) is 25.9 Å². The zero-order valence-electron chi connectivity index (χ0n) is 5.78. The SMILES string of the molecule is O=[C-]O.O=[C-]O.O=[C-]O.O=[C-]O.[Ru+4]. The topological polar surface area (TPSA) is 149 Å². The van der Waals surface area contributed by atoms with E-state index in [0.717, 1.165) is 0 Å². The molecule has 0 aromatic rings. The predicted molar refractivity (Wildman–Crippen MR) is 33.3 cm³/mol. The molecule has 4 N–H and O–H groups in total. The molecule has 0 spiro atoms. The van der Waals surface area contributed by atoms with Crippen molar-refractivity contribution in [2.75, 3.05) is 0 Å². The summed E-state index contributed by atoms with van der Waals surface area (Å²) >= 11 is 0. The maximum atomic E-state index is 8.24. The summed E-state index contributed by atoms with van der Waals surface area (Å²) in [5, 5.41) is 27.1. The normalized spacial score (nSPS) is 3.69. The molecule has 0 heterocycles. The van der Waals surface area contributed by atoms with Crippen LogP contribution in [0.1, 0.15) is 0 Å². The minimum Gasteiger partial charge on any atom is -0.665 e. The van der Waals surface area contributed by atoms with Crippen LogP contribution in [0.5, 0.6) is 0 Å². The third-order valence-corrected chi connectivity index (χ3v) is 0. The fraction of sp³-hybridized carbons (Fsp3) is 0. The van der Waals surface area contributed by atoms with Crippen molar-refractivity contribution in [3.05, 3.63) is 0 Å². The molecule has 0 saturated carbocycles. The van der Waals surface area contributed by atoms with Crippen LogP contribution in [0.2, 0.25) is 0 Å². The van der Waals surface area contributed by atoms with Crippen LogP contribution in [0.25, 0.3) is 0 Å². The van der Waals surface area contributed by atoms with Gasteiger partial charge in [-0.2, -0.15) is 0 Å². The van der Waals surface area contributed by atoms with Gasteiger partial charge in [-0.25, -0.2) is 0 Å². The van der Waals surface area contributed by atoms with Gasteiger partial charge in [0.15, 0.2) is 0 Å². The second kappa shape index (κ2) is 151. The first-order valence-corrected chi connectivity index (χ1v) is 1.71. The Labute approximate surface area is 85.6 Å². The van der Waals surface area contributed by atoms with E-state index < -0.39 is 0 Å². The van der Waals surface area contributed by atoms with Gasteiger partial charge in [0.25, 0.3) is 0 Å². The van der Waals surface area contributed by atoms with Crippen LogP contribution in [-0.2, 0) is 38.7 Å². The molecule has 13 heavy (non-hydrogen) atoms. The molecule has 8 nitrogen and oxygen atoms in total. The van der Waals surface area contributed by atoms with E-state index in [1.54, 1.807) is 0 Å². The molecular weight excluding hydrogens is 277 g/mol. The van der Waals surface area contributed by atoms with Crippen molar-refractivity contribution in [3.8, 4) is 0 Å². The largest absolute Gasteiger partial charge is 4.00 e. The van der Waals surface area contributed by atoms with E-state index in [1.807, 2.05) is 0 Å². The van der Waals surface area contributed by atoms with Crippen molar-refractivity contribution in [2.24, 2.45) is 0 Å². The van der Waals surface area contributed by atoms with Crippen LogP contribution in [0, 0.1) is 0 Å². The van der Waals surface area contributed by atoms with Crippen molar-refractivity contribution < 1.29 is 59.1 Å². The van der Waals surface area contributed by atoms with Crippen LogP contribution in [0.15, 0.2) is 0 Å². The first-order chi connectivity index (χ1) is 5.66. The summed E-state index contributed by atoms with van der Waals surface area (Å²) in [6.07, 6.45) is 0. The number of hydrogen-bond donors (Lipinski definition) is 4. The first-order valence-electron chi connectivity index (χ1n) is 1.71. The number of aliphatic hydroxyl groups excluding tert-OH is 4. The van der Waals surface area contributed by atoms with Crippen LogP contribution >= 0.6 is 0 Å². The van der Waals surface area contributed by atoms with Gasteiger partial charge in [-0.05, 0) is 0 Å². The van der Waals surface area contributed by atoms with Gasteiger partial charge in [0.05, 0.1) is 0 Å². The van der Waals surface area contributed by atoms with Crippen LogP contribution in [0.3, 0.4) is 0 Å². The van der Waals surface area contributed by atoms with Crippen molar-refractivity contribution in [1.82, 2.24) is 0 Å². The molecule has 0 fully saturated rings. The van der Waals surface area contributed by atoms with Gasteiger partial charge >= 0.3 is 19.5 Å². The molecule has 0 aliphatic heterocycles. The predicted octanol–water partition coefficient (Wildman–Crippen LogP) is -1.56. The average molecular weight is 281 g/mol. The summed E-state index contributed by atoms with van der Waals surface area (Å²) in [7, 11) is 0. The van der Waals surface area contributed by atoms with E-state index in [-0.39, 0.29) is 19.5 Å². The fourth-order valence-corrected chi connectivity index (χ4v) is 0. The van der Waals surface area contributed by atoms with E-state index in [4.69, 9.17) is 39.6 Å². The van der Waals surface area contributed by atoms with E-state index >= 15 is 0 Å². The van der Waals surface area contributed by atoms with Crippen molar-refractivity contribution in [1.29, 1.82) is 0 Å². The molecule has 0 aliphatic carbocycles. The summed E-state index contributed by atoms with van der Waals surface area (Å²) < 4.78 is 0. The maximum Gasteiger partial charge on any atom is 4.00 e. The number of hydrogen-bond acceptors (Lipinski definition) is 4. The molecule has 0 bridgehead atoms. The zero-order chi connectivity index (χ0) is 10.8. The van der Waals surface area contributed by atoms with Gasteiger partial charge in [0.2, 0.25) is 0 Å². The van der Waals surface area contributed by atoms with Crippen molar-refractivity contribution >= 4 is 25.9 Å². The minimum atomic E-state index is 0. The quantitative estimate of drug-likeness (QED) is 0.308. The molecule has 9 heteroatoms. The van der Waals surface area contributed by atoms with Gasteiger partial charge in [0, 0.05) is 0 Å². The second-order valence-electron chi connectivity index (χ2n) is 0.365. The molecule has 0 aromatic heterocycles. The Balaban J connectivity index is -0.0000000213. The molecule has 0 radical (unpaired) electrons. The molecule has 0 saturated heterocycles. The van der Waals surface area contributed by atoms with Crippen molar-refractivity contribution in [3.63, 3.8) is 0 Å². The van der Waals surface area contributed by atoms with Crippen LogP contribution in [0.4, 0.5) is 0 Å². The van der Waals surface area contributed by atoms with Crippen molar-refractivity contribution in [2.45, 2.75) is 0 Å².